The van der Waals surface area contributed by atoms with Crippen molar-refractivity contribution in [1.29, 1.82) is 0 Å². The van der Waals surface area contributed by atoms with E-state index in [4.69, 9.17) is 4.42 Å². The first-order valence-corrected chi connectivity index (χ1v) is 8.22. The highest BCUT2D eigenvalue weighted by atomic mass is 19.4. The number of alkyl halides is 3. The van der Waals surface area contributed by atoms with E-state index in [1.54, 1.807) is 24.3 Å². The average molecular weight is 382 g/mol. The largest absolute Gasteiger partial charge is 0.545 e. The van der Waals surface area contributed by atoms with Crippen LogP contribution < -0.4 is 5.11 Å². The van der Waals surface area contributed by atoms with Crippen molar-refractivity contribution in [3.8, 4) is 22.8 Å². The van der Waals surface area contributed by atoms with Crippen LogP contribution in [0.25, 0.3) is 33.7 Å². The molecule has 0 aliphatic heterocycles. The minimum Gasteiger partial charge on any atom is -0.545 e. The van der Waals surface area contributed by atoms with Crippen LogP contribution in [0.3, 0.4) is 0 Å². The second kappa shape index (κ2) is 6.53. The summed E-state index contributed by atoms with van der Waals surface area (Å²) < 4.78 is 44.4. The van der Waals surface area contributed by atoms with E-state index in [9.17, 15) is 23.1 Å². The predicted molar refractivity (Wildman–Crippen MR) is 94.2 cm³/mol. The van der Waals surface area contributed by atoms with Crippen LogP contribution in [0, 0.1) is 0 Å². The normalized spacial score (nSPS) is 11.7. The fourth-order valence-corrected chi connectivity index (χ4v) is 2.95. The smallest absolute Gasteiger partial charge is 0.416 e. The zero-order valence-electron chi connectivity index (χ0n) is 14.2. The Morgan fingerprint density at radius 1 is 0.929 bits per heavy atom. The van der Waals surface area contributed by atoms with Crippen molar-refractivity contribution >= 4 is 16.9 Å². The van der Waals surface area contributed by atoms with Gasteiger partial charge in [-0.25, -0.2) is 4.98 Å². The Bertz CT molecular complexity index is 1190. The maximum atomic E-state index is 12.9. The van der Waals surface area contributed by atoms with Gasteiger partial charge < -0.3 is 14.3 Å². The van der Waals surface area contributed by atoms with Crippen molar-refractivity contribution in [2.24, 2.45) is 0 Å². The van der Waals surface area contributed by atoms with Gasteiger partial charge in [0.2, 0.25) is 0 Å². The molecule has 0 bridgehead atoms. The molecule has 2 aromatic heterocycles. The number of halogens is 3. The predicted octanol–water partition coefficient (Wildman–Crippen LogP) is 4.54. The summed E-state index contributed by atoms with van der Waals surface area (Å²) in [6.07, 6.45) is -4.46. The molecule has 140 valence electrons. The maximum absolute atomic E-state index is 12.9. The molecule has 28 heavy (non-hydrogen) atoms. The first kappa shape index (κ1) is 17.8. The van der Waals surface area contributed by atoms with Crippen LogP contribution in [-0.4, -0.2) is 11.0 Å². The van der Waals surface area contributed by atoms with Gasteiger partial charge in [0.1, 0.15) is 11.5 Å². The van der Waals surface area contributed by atoms with Crippen LogP contribution >= 0.6 is 0 Å². The monoisotopic (exact) mass is 382 g/mol. The number of fused-ring (bicyclic) bond motifs is 1. The molecular formula is C21H11F3NO3-. The Balaban J connectivity index is 1.79. The third-order valence-corrected chi connectivity index (χ3v) is 4.27. The number of hydrogen-bond acceptors (Lipinski definition) is 4. The molecule has 0 fully saturated rings. The molecule has 0 spiro atoms. The summed E-state index contributed by atoms with van der Waals surface area (Å²) in [4.78, 5) is 15.9. The molecule has 0 saturated carbocycles. The average Bonchev–Trinajstić information content (AvgIpc) is 3.17. The number of carbonyl (C=O) groups excluding carboxylic acids is 1. The Morgan fingerprint density at radius 3 is 2.43 bits per heavy atom. The standard InChI is InChI=1S/C21H12F3NO3/c22-21(23,24)13-5-3-4-12(10-13)18-8-9-19(28-18)17-11-15(20(26)27)14-6-1-2-7-16(14)25-17/h1-11H,(H,26,27)/p-1. The number of aromatic nitrogens is 1. The molecule has 2 heterocycles. The summed E-state index contributed by atoms with van der Waals surface area (Å²) in [7, 11) is 0. The van der Waals surface area contributed by atoms with Gasteiger partial charge in [-0.2, -0.15) is 13.2 Å². The minimum atomic E-state index is -4.46. The quantitative estimate of drug-likeness (QED) is 0.522. The molecule has 0 aliphatic rings. The maximum Gasteiger partial charge on any atom is 0.416 e. The number of pyridine rings is 1. The zero-order chi connectivity index (χ0) is 19.9. The Morgan fingerprint density at radius 2 is 1.68 bits per heavy atom. The molecule has 0 amide bonds. The molecular weight excluding hydrogens is 371 g/mol. The van der Waals surface area contributed by atoms with Gasteiger partial charge in [-0.3, -0.25) is 0 Å². The highest BCUT2D eigenvalue weighted by molar-refractivity contribution is 6.02. The van der Waals surface area contributed by atoms with Crippen molar-refractivity contribution < 1.29 is 27.5 Å². The number of benzene rings is 2. The number of aromatic carboxylic acids is 1. The lowest BCUT2D eigenvalue weighted by Crippen LogP contribution is -2.22. The van der Waals surface area contributed by atoms with E-state index in [1.807, 2.05) is 0 Å². The van der Waals surface area contributed by atoms with Gasteiger partial charge in [-0.05, 0) is 36.4 Å². The van der Waals surface area contributed by atoms with Gasteiger partial charge in [0.15, 0.2) is 5.76 Å². The Hall–Kier alpha value is -3.61. The first-order valence-electron chi connectivity index (χ1n) is 8.22. The van der Waals surface area contributed by atoms with E-state index in [0.29, 0.717) is 10.9 Å². The summed E-state index contributed by atoms with van der Waals surface area (Å²) >= 11 is 0. The highest BCUT2D eigenvalue weighted by Gasteiger charge is 2.30. The minimum absolute atomic E-state index is 0.0439. The molecule has 0 unspecified atom stereocenters. The van der Waals surface area contributed by atoms with Crippen LogP contribution in [0.4, 0.5) is 13.2 Å². The number of nitrogens with zero attached hydrogens (tertiary/aromatic N) is 1. The summed E-state index contributed by atoms with van der Waals surface area (Å²) in [6, 6.07) is 15.8. The molecule has 7 heteroatoms. The van der Waals surface area contributed by atoms with E-state index in [1.165, 1.54) is 30.3 Å². The number of carbonyl (C=O) groups is 1. The second-order valence-electron chi connectivity index (χ2n) is 6.10. The van der Waals surface area contributed by atoms with E-state index in [-0.39, 0.29) is 28.3 Å². The summed E-state index contributed by atoms with van der Waals surface area (Å²) in [6.45, 7) is 0. The van der Waals surface area contributed by atoms with Crippen LogP contribution in [-0.2, 0) is 6.18 Å². The van der Waals surface area contributed by atoms with Crippen molar-refractivity contribution in [2.45, 2.75) is 6.18 Å². The van der Waals surface area contributed by atoms with E-state index >= 15 is 0 Å². The molecule has 4 nitrogen and oxygen atoms in total. The Labute approximate surface area is 156 Å². The van der Waals surface area contributed by atoms with Gasteiger partial charge in [0.05, 0.1) is 17.0 Å². The van der Waals surface area contributed by atoms with Crippen LogP contribution in [0.1, 0.15) is 15.9 Å². The third kappa shape index (κ3) is 3.22. The first-order chi connectivity index (χ1) is 13.3. The molecule has 0 atom stereocenters. The molecule has 4 aromatic rings. The highest BCUT2D eigenvalue weighted by Crippen LogP contribution is 2.34. The molecule has 0 radical (unpaired) electrons. The third-order valence-electron chi connectivity index (χ3n) is 4.27. The van der Waals surface area contributed by atoms with Crippen molar-refractivity contribution in [2.75, 3.05) is 0 Å². The van der Waals surface area contributed by atoms with Gasteiger partial charge in [0, 0.05) is 16.5 Å². The van der Waals surface area contributed by atoms with Gasteiger partial charge in [-0.15, -0.1) is 0 Å². The summed E-state index contributed by atoms with van der Waals surface area (Å²) in [5.74, 6) is -0.906. The summed E-state index contributed by atoms with van der Waals surface area (Å²) in [5, 5.41) is 11.9. The van der Waals surface area contributed by atoms with Crippen molar-refractivity contribution in [1.82, 2.24) is 4.98 Å². The molecule has 4 rings (SSSR count). The van der Waals surface area contributed by atoms with E-state index in [2.05, 4.69) is 4.98 Å². The van der Waals surface area contributed by atoms with Crippen LogP contribution in [0.2, 0.25) is 0 Å². The van der Waals surface area contributed by atoms with Crippen molar-refractivity contribution in [3.63, 3.8) is 0 Å². The number of hydrogen-bond donors (Lipinski definition) is 0. The zero-order valence-corrected chi connectivity index (χ0v) is 14.2. The second-order valence-corrected chi connectivity index (χ2v) is 6.10. The fourth-order valence-electron chi connectivity index (χ4n) is 2.95. The van der Waals surface area contributed by atoms with Crippen molar-refractivity contribution in [3.05, 3.63) is 77.9 Å². The molecule has 2 aromatic carbocycles. The van der Waals surface area contributed by atoms with Crippen LogP contribution in [0.15, 0.2) is 71.1 Å². The summed E-state index contributed by atoms with van der Waals surface area (Å²) in [5.41, 5.74) is 0.109. The fraction of sp³-hybridized carbons (Fsp3) is 0.0476. The van der Waals surface area contributed by atoms with E-state index < -0.39 is 17.7 Å². The Kier molecular flexibility index (Phi) is 4.15. The number of furan rings is 1. The molecule has 0 N–H and O–H groups in total. The van der Waals surface area contributed by atoms with Crippen LogP contribution in [0.5, 0.6) is 0 Å². The number of para-hydroxylation sites is 1. The van der Waals surface area contributed by atoms with Gasteiger partial charge in [0.25, 0.3) is 0 Å². The number of carboxylic acids is 1. The molecule has 0 aliphatic carbocycles. The topological polar surface area (TPSA) is 66.2 Å². The number of rotatable bonds is 3. The van der Waals surface area contributed by atoms with E-state index in [0.717, 1.165) is 12.1 Å². The SMILES string of the molecule is O=C([O-])c1cc(-c2ccc(-c3cccc(C(F)(F)F)c3)o2)nc2ccccc12. The lowest BCUT2D eigenvalue weighted by molar-refractivity contribution is -0.254. The van der Waals surface area contributed by atoms with Gasteiger partial charge >= 0.3 is 6.18 Å². The lowest BCUT2D eigenvalue weighted by atomic mass is 10.1. The molecule has 0 saturated heterocycles. The number of carboxylic acid groups (broad SMARTS) is 1. The van der Waals surface area contributed by atoms with Gasteiger partial charge in [-0.1, -0.05) is 30.3 Å². The lowest BCUT2D eigenvalue weighted by Gasteiger charge is -2.09.